The van der Waals surface area contributed by atoms with Crippen molar-refractivity contribution in [1.29, 1.82) is 0 Å². The maximum atomic E-state index is 12.4. The molecule has 1 aliphatic heterocycles. The summed E-state index contributed by atoms with van der Waals surface area (Å²) in [7, 11) is -1.91. The van der Waals surface area contributed by atoms with Gasteiger partial charge in [-0.05, 0) is 52.6 Å². The summed E-state index contributed by atoms with van der Waals surface area (Å²) in [5.41, 5.74) is 2.94. The highest BCUT2D eigenvalue weighted by Gasteiger charge is 2.24. The molecule has 2 heterocycles. The van der Waals surface area contributed by atoms with Gasteiger partial charge < -0.3 is 9.80 Å². The van der Waals surface area contributed by atoms with Crippen molar-refractivity contribution < 1.29 is 13.2 Å². The lowest BCUT2D eigenvalue weighted by atomic mass is 10.2. The first-order valence-corrected chi connectivity index (χ1v) is 9.99. The molecule has 24 heavy (non-hydrogen) atoms. The fourth-order valence-electron chi connectivity index (χ4n) is 2.82. The van der Waals surface area contributed by atoms with Gasteiger partial charge in [-0.3, -0.25) is 4.79 Å². The van der Waals surface area contributed by atoms with E-state index in [0.717, 1.165) is 16.8 Å². The Kier molecular flexibility index (Phi) is 4.62. The summed E-state index contributed by atoms with van der Waals surface area (Å²) in [5.74, 6) is 0.0320. The van der Waals surface area contributed by atoms with E-state index >= 15 is 0 Å². The quantitative estimate of drug-likeness (QED) is 0.868. The molecule has 1 aromatic heterocycles. The van der Waals surface area contributed by atoms with Gasteiger partial charge >= 0.3 is 0 Å². The normalized spacial score (nSPS) is 13.8. The Morgan fingerprint density at radius 1 is 1.38 bits per heavy atom. The molecule has 0 aliphatic carbocycles. The molecule has 0 spiro atoms. The Balaban J connectivity index is 1.69. The molecule has 0 unspecified atom stereocenters. The number of carbonyl (C=O) groups is 1. The van der Waals surface area contributed by atoms with E-state index in [1.165, 1.54) is 6.07 Å². The third-order valence-electron chi connectivity index (χ3n) is 4.12. The van der Waals surface area contributed by atoms with E-state index in [9.17, 15) is 13.2 Å². The second-order valence-corrected chi connectivity index (χ2v) is 8.23. The largest absolute Gasteiger partial charge is 0.362 e. The highest BCUT2D eigenvalue weighted by atomic mass is 32.2. The molecule has 8 heteroatoms. The highest BCUT2D eigenvalue weighted by Crippen LogP contribution is 2.29. The lowest BCUT2D eigenvalue weighted by Gasteiger charge is -2.23. The van der Waals surface area contributed by atoms with Gasteiger partial charge in [0.05, 0.1) is 11.4 Å². The van der Waals surface area contributed by atoms with E-state index in [0.29, 0.717) is 19.5 Å². The smallest absolute Gasteiger partial charge is 0.242 e. The summed E-state index contributed by atoms with van der Waals surface area (Å²) < 4.78 is 22.9. The number of anilines is 1. The Labute approximate surface area is 145 Å². The Bertz CT molecular complexity index is 847. The number of rotatable bonds is 5. The number of hydrogen-bond donors (Lipinski definition) is 1. The second kappa shape index (κ2) is 6.54. The first-order valence-electron chi connectivity index (χ1n) is 7.50. The van der Waals surface area contributed by atoms with E-state index < -0.39 is 10.0 Å². The monoisotopic (exact) mass is 365 g/mol. The number of benzene rings is 1. The number of sulfonamides is 1. The maximum Gasteiger partial charge on any atom is 0.242 e. The highest BCUT2D eigenvalue weighted by molar-refractivity contribution is 7.89. The van der Waals surface area contributed by atoms with Crippen molar-refractivity contribution >= 4 is 33.0 Å². The van der Waals surface area contributed by atoms with Gasteiger partial charge in [-0.25, -0.2) is 13.6 Å². The molecule has 2 aromatic rings. The van der Waals surface area contributed by atoms with Gasteiger partial charge in [0.1, 0.15) is 0 Å². The maximum absolute atomic E-state index is 12.4. The molecule has 0 saturated heterocycles. The minimum absolute atomic E-state index is 0.0320. The number of hydrogen-bond acceptors (Lipinski definition) is 5. The van der Waals surface area contributed by atoms with Crippen LogP contribution in [0.4, 0.5) is 5.69 Å². The van der Waals surface area contributed by atoms with E-state index in [4.69, 9.17) is 5.14 Å². The van der Waals surface area contributed by atoms with E-state index in [-0.39, 0.29) is 17.3 Å². The van der Waals surface area contributed by atoms with Crippen LogP contribution in [-0.2, 0) is 27.8 Å². The van der Waals surface area contributed by atoms with Gasteiger partial charge in [-0.2, -0.15) is 11.3 Å². The molecule has 1 amide bonds. The molecular formula is C16H19N3O3S2. The van der Waals surface area contributed by atoms with Crippen molar-refractivity contribution in [2.24, 2.45) is 5.14 Å². The third-order valence-corrected chi connectivity index (χ3v) is 5.77. The Morgan fingerprint density at radius 2 is 2.17 bits per heavy atom. The summed E-state index contributed by atoms with van der Waals surface area (Å²) in [4.78, 5) is 16.2. The van der Waals surface area contributed by atoms with Crippen molar-refractivity contribution in [2.75, 3.05) is 25.0 Å². The molecule has 3 rings (SSSR count). The van der Waals surface area contributed by atoms with Crippen LogP contribution in [0.25, 0.3) is 0 Å². The number of likely N-dealkylation sites (N-methyl/N-ethyl adjacent to an activating group) is 1. The Morgan fingerprint density at radius 3 is 2.83 bits per heavy atom. The average Bonchev–Trinajstić information content (AvgIpc) is 3.16. The number of amides is 1. The van der Waals surface area contributed by atoms with Gasteiger partial charge in [-0.1, -0.05) is 0 Å². The number of nitrogens with zero attached hydrogens (tertiary/aromatic N) is 2. The van der Waals surface area contributed by atoms with E-state index in [1.54, 1.807) is 35.4 Å². The van der Waals surface area contributed by atoms with Crippen LogP contribution in [0.1, 0.15) is 11.1 Å². The summed E-state index contributed by atoms with van der Waals surface area (Å²) in [6, 6.07) is 6.83. The van der Waals surface area contributed by atoms with Crippen LogP contribution in [0.3, 0.4) is 0 Å². The Hall–Kier alpha value is -1.90. The van der Waals surface area contributed by atoms with Crippen molar-refractivity contribution in [3.63, 3.8) is 0 Å². The van der Waals surface area contributed by atoms with Gasteiger partial charge in [0.15, 0.2) is 0 Å². The molecular weight excluding hydrogens is 346 g/mol. The number of fused-ring (bicyclic) bond motifs is 1. The van der Waals surface area contributed by atoms with Gasteiger partial charge in [0.25, 0.3) is 0 Å². The van der Waals surface area contributed by atoms with Crippen molar-refractivity contribution in [3.05, 3.63) is 46.2 Å². The summed E-state index contributed by atoms with van der Waals surface area (Å²) >= 11 is 1.61. The van der Waals surface area contributed by atoms with Gasteiger partial charge in [0.2, 0.25) is 15.9 Å². The lowest BCUT2D eigenvalue weighted by molar-refractivity contribution is -0.128. The SMILES string of the molecule is CN(Cc1ccsc1)C(=O)CN1CCc2cc(S(N)(=O)=O)ccc21. The molecule has 0 fully saturated rings. The fraction of sp³-hybridized carbons (Fsp3) is 0.312. The van der Waals surface area contributed by atoms with Crippen molar-refractivity contribution in [3.8, 4) is 0 Å². The first-order chi connectivity index (χ1) is 11.3. The topological polar surface area (TPSA) is 83.7 Å². The lowest BCUT2D eigenvalue weighted by Crippen LogP contribution is -2.37. The van der Waals surface area contributed by atoms with Crippen LogP contribution in [0, 0.1) is 0 Å². The molecule has 0 bridgehead atoms. The summed E-state index contributed by atoms with van der Waals surface area (Å²) in [5, 5.41) is 9.19. The predicted octanol–water partition coefficient (Wildman–Crippen LogP) is 1.42. The second-order valence-electron chi connectivity index (χ2n) is 5.89. The molecule has 2 N–H and O–H groups in total. The van der Waals surface area contributed by atoms with Crippen LogP contribution in [-0.4, -0.2) is 39.4 Å². The zero-order valence-electron chi connectivity index (χ0n) is 13.3. The minimum atomic E-state index is -3.70. The van der Waals surface area contributed by atoms with Crippen molar-refractivity contribution in [1.82, 2.24) is 4.90 Å². The minimum Gasteiger partial charge on any atom is -0.362 e. The summed E-state index contributed by atoms with van der Waals surface area (Å²) in [6.45, 7) is 1.57. The average molecular weight is 365 g/mol. The molecule has 0 atom stereocenters. The fourth-order valence-corrected chi connectivity index (χ4v) is 4.04. The number of carbonyl (C=O) groups excluding carboxylic acids is 1. The molecule has 0 saturated carbocycles. The van der Waals surface area contributed by atoms with Crippen molar-refractivity contribution in [2.45, 2.75) is 17.9 Å². The molecule has 1 aromatic carbocycles. The van der Waals surface area contributed by atoms with E-state index in [2.05, 4.69) is 0 Å². The zero-order chi connectivity index (χ0) is 17.3. The van der Waals surface area contributed by atoms with E-state index in [1.807, 2.05) is 21.7 Å². The van der Waals surface area contributed by atoms with Crippen LogP contribution < -0.4 is 10.0 Å². The summed E-state index contributed by atoms with van der Waals surface area (Å²) in [6.07, 6.45) is 0.709. The van der Waals surface area contributed by atoms with Crippen LogP contribution in [0.5, 0.6) is 0 Å². The molecule has 128 valence electrons. The standard InChI is InChI=1S/C16H19N3O3S2/c1-18(9-12-5-7-23-11-12)16(20)10-19-6-4-13-8-14(24(17,21)22)2-3-15(13)19/h2-3,5,7-8,11H,4,6,9-10H2,1H3,(H2,17,21,22). The van der Waals surface area contributed by atoms with Crippen LogP contribution in [0.2, 0.25) is 0 Å². The molecule has 0 radical (unpaired) electrons. The van der Waals surface area contributed by atoms with Gasteiger partial charge in [-0.15, -0.1) is 0 Å². The number of thiophene rings is 1. The van der Waals surface area contributed by atoms with Crippen LogP contribution >= 0.6 is 11.3 Å². The predicted molar refractivity (Wildman–Crippen MR) is 94.5 cm³/mol. The third kappa shape index (κ3) is 3.61. The molecule has 1 aliphatic rings. The number of primary sulfonamides is 1. The number of nitrogens with two attached hydrogens (primary N) is 1. The first kappa shape index (κ1) is 16.9. The molecule has 6 nitrogen and oxygen atoms in total. The zero-order valence-corrected chi connectivity index (χ0v) is 14.9. The van der Waals surface area contributed by atoms with Gasteiger partial charge in [0, 0.05) is 25.8 Å². The van der Waals surface area contributed by atoms with Crippen LogP contribution in [0.15, 0.2) is 39.9 Å².